The van der Waals surface area contributed by atoms with Crippen LogP contribution >= 0.6 is 23.4 Å². The predicted molar refractivity (Wildman–Crippen MR) is 101 cm³/mol. The molecule has 2 fully saturated rings. The molecule has 2 aliphatic heterocycles. The lowest BCUT2D eigenvalue weighted by Gasteiger charge is -2.31. The lowest BCUT2D eigenvalue weighted by Crippen LogP contribution is -2.42. The quantitative estimate of drug-likeness (QED) is 0.826. The van der Waals surface area contributed by atoms with Crippen LogP contribution in [-0.4, -0.2) is 63.8 Å². The molecule has 0 aliphatic carbocycles. The van der Waals surface area contributed by atoms with Crippen LogP contribution in [0.5, 0.6) is 0 Å². The van der Waals surface area contributed by atoms with Crippen LogP contribution in [-0.2, 0) is 9.59 Å². The lowest BCUT2D eigenvalue weighted by atomic mass is 9.95. The molecular formula is C17H21ClN4O3S. The van der Waals surface area contributed by atoms with Crippen molar-refractivity contribution in [2.45, 2.75) is 19.3 Å². The summed E-state index contributed by atoms with van der Waals surface area (Å²) in [7, 11) is 0. The molecule has 0 saturated carbocycles. The Balaban J connectivity index is 1.41. The Morgan fingerprint density at radius 3 is 2.65 bits per heavy atom. The second kappa shape index (κ2) is 8.73. The number of halogens is 1. The second-order valence-corrected chi connectivity index (χ2v) is 7.84. The van der Waals surface area contributed by atoms with Gasteiger partial charge in [-0.1, -0.05) is 23.4 Å². The van der Waals surface area contributed by atoms with Gasteiger partial charge in [0, 0.05) is 50.5 Å². The third-order valence-corrected chi connectivity index (χ3v) is 5.75. The van der Waals surface area contributed by atoms with Crippen molar-refractivity contribution in [1.29, 1.82) is 0 Å². The fourth-order valence-corrected chi connectivity index (χ4v) is 4.05. The van der Waals surface area contributed by atoms with Crippen molar-refractivity contribution in [3.8, 4) is 0 Å². The number of pyridine rings is 1. The molecule has 140 valence electrons. The summed E-state index contributed by atoms with van der Waals surface area (Å²) >= 11 is 7.08. The van der Waals surface area contributed by atoms with Crippen LogP contribution in [0.15, 0.2) is 18.3 Å². The van der Waals surface area contributed by atoms with Gasteiger partial charge in [0.1, 0.15) is 5.82 Å². The highest BCUT2D eigenvalue weighted by Crippen LogP contribution is 2.21. The summed E-state index contributed by atoms with van der Waals surface area (Å²) in [5, 5.41) is 3.37. The van der Waals surface area contributed by atoms with Crippen LogP contribution in [0.3, 0.4) is 0 Å². The predicted octanol–water partition coefficient (Wildman–Crippen LogP) is 2.47. The Morgan fingerprint density at radius 1 is 1.27 bits per heavy atom. The van der Waals surface area contributed by atoms with Crippen molar-refractivity contribution >= 4 is 46.2 Å². The van der Waals surface area contributed by atoms with E-state index in [9.17, 15) is 14.4 Å². The summed E-state index contributed by atoms with van der Waals surface area (Å²) in [5.41, 5.74) is 0. The van der Waals surface area contributed by atoms with E-state index in [2.05, 4.69) is 10.3 Å². The van der Waals surface area contributed by atoms with E-state index >= 15 is 0 Å². The molecule has 26 heavy (non-hydrogen) atoms. The van der Waals surface area contributed by atoms with Gasteiger partial charge in [-0.15, -0.1) is 0 Å². The van der Waals surface area contributed by atoms with Crippen molar-refractivity contribution < 1.29 is 14.4 Å². The van der Waals surface area contributed by atoms with Crippen LogP contribution in [0.2, 0.25) is 5.02 Å². The molecule has 2 saturated heterocycles. The molecule has 7 nitrogen and oxygen atoms in total. The molecule has 3 rings (SSSR count). The van der Waals surface area contributed by atoms with Crippen molar-refractivity contribution in [1.82, 2.24) is 14.8 Å². The number of aromatic nitrogens is 1. The number of carbonyl (C=O) groups is 3. The minimum absolute atomic E-state index is 0.0490. The molecule has 1 aromatic heterocycles. The molecule has 3 amide bonds. The van der Waals surface area contributed by atoms with Crippen molar-refractivity contribution in [3.63, 3.8) is 0 Å². The Bertz CT molecular complexity index is 677. The molecule has 9 heteroatoms. The highest BCUT2D eigenvalue weighted by molar-refractivity contribution is 8.13. The monoisotopic (exact) mass is 396 g/mol. The molecule has 0 unspecified atom stereocenters. The molecular weight excluding hydrogens is 376 g/mol. The van der Waals surface area contributed by atoms with Gasteiger partial charge < -0.3 is 15.1 Å². The highest BCUT2D eigenvalue weighted by atomic mass is 35.5. The van der Waals surface area contributed by atoms with Gasteiger partial charge in [0.2, 0.25) is 11.8 Å². The summed E-state index contributed by atoms with van der Waals surface area (Å²) in [4.78, 5) is 43.8. The minimum atomic E-state index is -0.131. The molecule has 1 N–H and O–H groups in total. The first-order valence-corrected chi connectivity index (χ1v) is 10.0. The largest absolute Gasteiger partial charge is 0.343 e. The number of hydrogen-bond donors (Lipinski definition) is 1. The minimum Gasteiger partial charge on any atom is -0.343 e. The van der Waals surface area contributed by atoms with E-state index in [0.717, 1.165) is 12.3 Å². The van der Waals surface area contributed by atoms with Gasteiger partial charge in [-0.3, -0.25) is 14.4 Å². The fraction of sp³-hybridized carbons (Fsp3) is 0.529. The number of nitrogens with one attached hydrogen (secondary N) is 1. The summed E-state index contributed by atoms with van der Waals surface area (Å²) in [6.45, 7) is 2.33. The van der Waals surface area contributed by atoms with Crippen molar-refractivity contribution in [3.05, 3.63) is 23.4 Å². The normalized spacial score (nSPS) is 18.3. The van der Waals surface area contributed by atoms with Crippen LogP contribution in [0.4, 0.5) is 10.6 Å². The van der Waals surface area contributed by atoms with Gasteiger partial charge in [-0.05, 0) is 25.0 Å². The Hall–Kier alpha value is -1.80. The van der Waals surface area contributed by atoms with E-state index in [1.807, 2.05) is 0 Å². The Morgan fingerprint density at radius 2 is 2.04 bits per heavy atom. The summed E-state index contributed by atoms with van der Waals surface area (Å²) in [6.07, 6.45) is 3.09. The maximum atomic E-state index is 12.3. The van der Waals surface area contributed by atoms with E-state index in [-0.39, 0.29) is 23.0 Å². The van der Waals surface area contributed by atoms with E-state index in [4.69, 9.17) is 11.6 Å². The first-order valence-electron chi connectivity index (χ1n) is 8.65. The molecule has 3 heterocycles. The third-order valence-electron chi connectivity index (χ3n) is 4.64. The fourth-order valence-electron chi connectivity index (χ4n) is 3.09. The zero-order chi connectivity index (χ0) is 18.5. The van der Waals surface area contributed by atoms with Crippen LogP contribution in [0.1, 0.15) is 19.3 Å². The maximum Gasteiger partial charge on any atom is 0.281 e. The van der Waals surface area contributed by atoms with Gasteiger partial charge >= 0.3 is 0 Å². The smallest absolute Gasteiger partial charge is 0.281 e. The summed E-state index contributed by atoms with van der Waals surface area (Å²) in [5.74, 6) is 1.12. The van der Waals surface area contributed by atoms with Crippen LogP contribution in [0.25, 0.3) is 0 Å². The Labute approximate surface area is 161 Å². The third kappa shape index (κ3) is 4.88. The zero-order valence-corrected chi connectivity index (χ0v) is 15.9. The first-order chi connectivity index (χ1) is 12.5. The average Bonchev–Trinajstić information content (AvgIpc) is 3.06. The number of amides is 3. The topological polar surface area (TPSA) is 82.6 Å². The number of nitrogens with zero attached hydrogens (tertiary/aromatic N) is 3. The number of rotatable bonds is 5. The maximum absolute atomic E-state index is 12.3. The molecule has 0 radical (unpaired) electrons. The van der Waals surface area contributed by atoms with Gasteiger partial charge in [0.15, 0.2) is 0 Å². The first kappa shape index (κ1) is 19.0. The van der Waals surface area contributed by atoms with E-state index in [1.165, 1.54) is 18.0 Å². The Kier molecular flexibility index (Phi) is 6.37. The van der Waals surface area contributed by atoms with Crippen LogP contribution in [0, 0.1) is 5.92 Å². The van der Waals surface area contributed by atoms with E-state index in [1.54, 1.807) is 21.9 Å². The number of piperidine rings is 1. The number of anilines is 1. The molecule has 0 spiro atoms. The molecule has 0 aromatic carbocycles. The van der Waals surface area contributed by atoms with Gasteiger partial charge in [-0.25, -0.2) is 4.98 Å². The number of carbonyl (C=O) groups excluding carboxylic acids is 3. The van der Waals surface area contributed by atoms with Gasteiger partial charge in [-0.2, -0.15) is 0 Å². The standard InChI is InChI=1S/C17H21ClN4O3S/c18-13-1-2-14(19-11-13)20-16(24)12-3-6-21(7-4-12)15(23)5-8-22-9-10-26-17(22)25/h1-2,11-12H,3-10H2,(H,19,20,24). The lowest BCUT2D eigenvalue weighted by molar-refractivity contribution is -0.134. The van der Waals surface area contributed by atoms with Gasteiger partial charge in [0.25, 0.3) is 5.24 Å². The molecule has 1 aromatic rings. The average molecular weight is 397 g/mol. The van der Waals surface area contributed by atoms with Crippen LogP contribution < -0.4 is 5.32 Å². The van der Waals surface area contributed by atoms with Gasteiger partial charge in [0.05, 0.1) is 5.02 Å². The van der Waals surface area contributed by atoms with E-state index in [0.29, 0.717) is 49.7 Å². The SMILES string of the molecule is O=C(Nc1ccc(Cl)cn1)C1CCN(C(=O)CCN2CCSC2=O)CC1. The summed E-state index contributed by atoms with van der Waals surface area (Å²) in [6, 6.07) is 3.34. The number of thioether (sulfide) groups is 1. The molecule has 0 atom stereocenters. The van der Waals surface area contributed by atoms with Crippen molar-refractivity contribution in [2.75, 3.05) is 37.2 Å². The summed E-state index contributed by atoms with van der Waals surface area (Å²) < 4.78 is 0. The van der Waals surface area contributed by atoms with E-state index < -0.39 is 0 Å². The number of likely N-dealkylation sites (tertiary alicyclic amines) is 1. The molecule has 2 aliphatic rings. The van der Waals surface area contributed by atoms with Crippen molar-refractivity contribution in [2.24, 2.45) is 5.92 Å². The zero-order valence-electron chi connectivity index (χ0n) is 14.3. The second-order valence-electron chi connectivity index (χ2n) is 6.36. The molecule has 0 bridgehead atoms. The number of hydrogen-bond acceptors (Lipinski definition) is 5. The highest BCUT2D eigenvalue weighted by Gasteiger charge is 2.28.